The van der Waals surface area contributed by atoms with E-state index in [1.165, 1.54) is 17.7 Å². The number of fused-ring (bicyclic) bond motifs is 1. The van der Waals surface area contributed by atoms with Gasteiger partial charge in [0.1, 0.15) is 0 Å². The molecule has 0 bridgehead atoms. The van der Waals surface area contributed by atoms with Gasteiger partial charge in [0, 0.05) is 18.3 Å². The monoisotopic (exact) mass is 286 g/mol. The predicted molar refractivity (Wildman–Crippen MR) is 77.5 cm³/mol. The number of benzene rings is 2. The third-order valence-corrected chi connectivity index (χ3v) is 3.61. The van der Waals surface area contributed by atoms with E-state index in [-0.39, 0.29) is 11.9 Å². The van der Waals surface area contributed by atoms with Gasteiger partial charge in [-0.25, -0.2) is 4.39 Å². The fourth-order valence-corrected chi connectivity index (χ4v) is 2.45. The lowest BCUT2D eigenvalue weighted by atomic mass is 9.95. The first-order chi connectivity index (χ1) is 10.1. The SMILES string of the molecule is O=C(Nc1ccc(O)c(F)c1)[C@H]1Cc2ccccc2CN1. The Hall–Kier alpha value is -2.40. The Morgan fingerprint density at radius 1 is 1.24 bits per heavy atom. The Balaban J connectivity index is 1.70. The molecule has 0 saturated heterocycles. The number of hydrogen-bond acceptors (Lipinski definition) is 3. The van der Waals surface area contributed by atoms with Crippen LogP contribution in [0.4, 0.5) is 10.1 Å². The lowest BCUT2D eigenvalue weighted by Gasteiger charge is -2.25. The molecule has 0 saturated carbocycles. The smallest absolute Gasteiger partial charge is 0.241 e. The van der Waals surface area contributed by atoms with Crippen molar-refractivity contribution in [1.82, 2.24) is 5.32 Å². The number of halogens is 1. The average molecular weight is 286 g/mol. The number of amides is 1. The molecule has 0 unspecified atom stereocenters. The maximum absolute atomic E-state index is 13.3. The number of aromatic hydroxyl groups is 1. The highest BCUT2D eigenvalue weighted by molar-refractivity contribution is 5.95. The summed E-state index contributed by atoms with van der Waals surface area (Å²) in [6.07, 6.45) is 0.600. The van der Waals surface area contributed by atoms with E-state index in [0.717, 1.165) is 11.6 Å². The van der Waals surface area contributed by atoms with Gasteiger partial charge in [0.15, 0.2) is 11.6 Å². The Kier molecular flexibility index (Phi) is 3.58. The minimum Gasteiger partial charge on any atom is -0.505 e. The molecule has 0 aliphatic carbocycles. The summed E-state index contributed by atoms with van der Waals surface area (Å²) >= 11 is 0. The second-order valence-corrected chi connectivity index (χ2v) is 5.06. The van der Waals surface area contributed by atoms with Crippen LogP contribution in [-0.2, 0) is 17.8 Å². The van der Waals surface area contributed by atoms with E-state index >= 15 is 0 Å². The molecule has 3 rings (SSSR count). The third-order valence-electron chi connectivity index (χ3n) is 3.61. The largest absolute Gasteiger partial charge is 0.505 e. The molecule has 0 spiro atoms. The molecular formula is C16H15FN2O2. The molecule has 108 valence electrons. The van der Waals surface area contributed by atoms with Gasteiger partial charge < -0.3 is 15.7 Å². The zero-order valence-corrected chi connectivity index (χ0v) is 11.3. The fraction of sp³-hybridized carbons (Fsp3) is 0.188. The minimum atomic E-state index is -0.755. The van der Waals surface area contributed by atoms with E-state index in [0.29, 0.717) is 18.7 Å². The number of nitrogens with one attached hydrogen (secondary N) is 2. The first-order valence-electron chi connectivity index (χ1n) is 6.73. The van der Waals surface area contributed by atoms with Crippen molar-refractivity contribution in [3.63, 3.8) is 0 Å². The lowest BCUT2D eigenvalue weighted by molar-refractivity contribution is -0.118. The highest BCUT2D eigenvalue weighted by Gasteiger charge is 2.23. The molecule has 1 aliphatic rings. The van der Waals surface area contributed by atoms with Crippen LogP contribution < -0.4 is 10.6 Å². The molecule has 0 aromatic heterocycles. The van der Waals surface area contributed by atoms with Crippen molar-refractivity contribution in [3.8, 4) is 5.75 Å². The van der Waals surface area contributed by atoms with Gasteiger partial charge in [0.05, 0.1) is 6.04 Å². The number of phenols is 1. The van der Waals surface area contributed by atoms with Crippen molar-refractivity contribution < 1.29 is 14.3 Å². The molecule has 1 amide bonds. The second kappa shape index (κ2) is 5.54. The Morgan fingerprint density at radius 2 is 2.00 bits per heavy atom. The van der Waals surface area contributed by atoms with Crippen molar-refractivity contribution in [2.75, 3.05) is 5.32 Å². The van der Waals surface area contributed by atoms with Crippen molar-refractivity contribution >= 4 is 11.6 Å². The van der Waals surface area contributed by atoms with Crippen LogP contribution in [0, 0.1) is 5.82 Å². The van der Waals surface area contributed by atoms with Crippen LogP contribution in [0.1, 0.15) is 11.1 Å². The Labute approximate surface area is 121 Å². The number of carbonyl (C=O) groups excluding carboxylic acids is 1. The normalized spacial score (nSPS) is 17.1. The molecular weight excluding hydrogens is 271 g/mol. The van der Waals surface area contributed by atoms with Crippen molar-refractivity contribution in [2.24, 2.45) is 0 Å². The first-order valence-corrected chi connectivity index (χ1v) is 6.73. The van der Waals surface area contributed by atoms with E-state index in [4.69, 9.17) is 5.11 Å². The van der Waals surface area contributed by atoms with Crippen LogP contribution in [0.3, 0.4) is 0 Å². The predicted octanol–water partition coefficient (Wildman–Crippen LogP) is 2.18. The van der Waals surface area contributed by atoms with E-state index < -0.39 is 11.6 Å². The van der Waals surface area contributed by atoms with E-state index in [1.54, 1.807) is 0 Å². The lowest BCUT2D eigenvalue weighted by Crippen LogP contribution is -2.44. The van der Waals surface area contributed by atoms with Crippen LogP contribution >= 0.6 is 0 Å². The summed E-state index contributed by atoms with van der Waals surface area (Å²) < 4.78 is 13.3. The summed E-state index contributed by atoms with van der Waals surface area (Å²) in [6, 6.07) is 11.4. The van der Waals surface area contributed by atoms with Gasteiger partial charge in [-0.15, -0.1) is 0 Å². The molecule has 1 atom stereocenters. The highest BCUT2D eigenvalue weighted by atomic mass is 19.1. The van der Waals surface area contributed by atoms with Gasteiger partial charge in [-0.1, -0.05) is 24.3 Å². The Morgan fingerprint density at radius 3 is 2.76 bits per heavy atom. The molecule has 5 heteroatoms. The summed E-state index contributed by atoms with van der Waals surface area (Å²) in [6.45, 7) is 0.637. The van der Waals surface area contributed by atoms with Crippen LogP contribution in [0.25, 0.3) is 0 Å². The third kappa shape index (κ3) is 2.87. The van der Waals surface area contributed by atoms with Gasteiger partial charge in [-0.05, 0) is 29.7 Å². The van der Waals surface area contributed by atoms with Crippen LogP contribution in [0.2, 0.25) is 0 Å². The van der Waals surface area contributed by atoms with Crippen molar-refractivity contribution in [2.45, 2.75) is 19.0 Å². The molecule has 2 aromatic carbocycles. The number of phenolic OH excluding ortho intramolecular Hbond substituents is 1. The maximum Gasteiger partial charge on any atom is 0.241 e. The number of carbonyl (C=O) groups is 1. The molecule has 1 heterocycles. The Bertz CT molecular complexity index is 688. The zero-order valence-electron chi connectivity index (χ0n) is 11.3. The standard InChI is InChI=1S/C16H15FN2O2/c17-13-8-12(5-6-15(13)20)19-16(21)14-7-10-3-1-2-4-11(10)9-18-14/h1-6,8,14,18,20H,7,9H2,(H,19,21)/t14-/m1/s1. The molecule has 1 aliphatic heterocycles. The average Bonchev–Trinajstić information content (AvgIpc) is 2.50. The number of rotatable bonds is 2. The molecule has 3 N–H and O–H groups in total. The van der Waals surface area contributed by atoms with Gasteiger partial charge in [-0.2, -0.15) is 0 Å². The summed E-state index contributed by atoms with van der Waals surface area (Å²) in [7, 11) is 0. The zero-order chi connectivity index (χ0) is 14.8. The number of hydrogen-bond donors (Lipinski definition) is 3. The summed E-state index contributed by atoms with van der Waals surface area (Å²) in [5, 5.41) is 15.0. The van der Waals surface area contributed by atoms with Gasteiger partial charge in [0.25, 0.3) is 0 Å². The summed E-state index contributed by atoms with van der Waals surface area (Å²) in [5.74, 6) is -1.40. The molecule has 0 fully saturated rings. The summed E-state index contributed by atoms with van der Waals surface area (Å²) in [5.41, 5.74) is 2.67. The topological polar surface area (TPSA) is 61.4 Å². The quantitative estimate of drug-likeness (QED) is 0.742. The van der Waals surface area contributed by atoms with Crippen LogP contribution in [0.15, 0.2) is 42.5 Å². The maximum atomic E-state index is 13.3. The molecule has 2 aromatic rings. The highest BCUT2D eigenvalue weighted by Crippen LogP contribution is 2.21. The second-order valence-electron chi connectivity index (χ2n) is 5.06. The molecule has 0 radical (unpaired) electrons. The van der Waals surface area contributed by atoms with Gasteiger partial charge >= 0.3 is 0 Å². The van der Waals surface area contributed by atoms with Crippen molar-refractivity contribution in [1.29, 1.82) is 0 Å². The van der Waals surface area contributed by atoms with Crippen LogP contribution in [0.5, 0.6) is 5.75 Å². The van der Waals surface area contributed by atoms with E-state index in [2.05, 4.69) is 10.6 Å². The first kappa shape index (κ1) is 13.6. The van der Waals surface area contributed by atoms with Crippen molar-refractivity contribution in [3.05, 3.63) is 59.4 Å². The van der Waals surface area contributed by atoms with E-state index in [9.17, 15) is 9.18 Å². The minimum absolute atomic E-state index is 0.213. The van der Waals surface area contributed by atoms with E-state index in [1.807, 2.05) is 24.3 Å². The van der Waals surface area contributed by atoms with Crippen LogP contribution in [-0.4, -0.2) is 17.1 Å². The van der Waals surface area contributed by atoms with Gasteiger partial charge in [-0.3, -0.25) is 4.79 Å². The molecule has 4 nitrogen and oxygen atoms in total. The molecule has 21 heavy (non-hydrogen) atoms. The number of anilines is 1. The fourth-order valence-electron chi connectivity index (χ4n) is 2.45. The van der Waals surface area contributed by atoms with Gasteiger partial charge in [0.2, 0.25) is 5.91 Å². The summed E-state index contributed by atoms with van der Waals surface area (Å²) in [4.78, 5) is 12.2.